The number of amides is 1. The van der Waals surface area contributed by atoms with Crippen LogP contribution in [0.3, 0.4) is 0 Å². The van der Waals surface area contributed by atoms with Crippen LogP contribution in [0.2, 0.25) is 5.02 Å². The van der Waals surface area contributed by atoms with Crippen LogP contribution in [-0.4, -0.2) is 29.7 Å². The maximum Gasteiger partial charge on any atom is 0.289 e. The lowest BCUT2D eigenvalue weighted by atomic mass is 9.84. The van der Waals surface area contributed by atoms with Crippen molar-refractivity contribution in [3.05, 3.63) is 63.9 Å². The van der Waals surface area contributed by atoms with E-state index in [-0.39, 0.29) is 18.1 Å². The third-order valence-electron chi connectivity index (χ3n) is 6.97. The monoisotopic (exact) mass is 465 g/mol. The van der Waals surface area contributed by atoms with E-state index in [0.717, 1.165) is 25.1 Å². The average Bonchev–Trinajstić information content (AvgIpc) is 3.09. The summed E-state index contributed by atoms with van der Waals surface area (Å²) >= 11 is 6.04. The number of rotatable bonds is 2. The summed E-state index contributed by atoms with van der Waals surface area (Å²) in [4.78, 5) is 28.7. The molecule has 0 radical (unpaired) electrons. The van der Waals surface area contributed by atoms with Crippen LogP contribution >= 0.6 is 11.6 Å². The van der Waals surface area contributed by atoms with E-state index in [4.69, 9.17) is 20.8 Å². The van der Waals surface area contributed by atoms with Crippen molar-refractivity contribution in [2.45, 2.75) is 46.1 Å². The Labute approximate surface area is 198 Å². The van der Waals surface area contributed by atoms with Crippen LogP contribution in [0.1, 0.15) is 65.7 Å². The van der Waals surface area contributed by atoms with Gasteiger partial charge in [0.15, 0.2) is 11.5 Å². The highest BCUT2D eigenvalue weighted by Crippen LogP contribution is 2.44. The molecule has 0 spiro atoms. The Morgan fingerprint density at radius 2 is 1.76 bits per heavy atom. The van der Waals surface area contributed by atoms with Gasteiger partial charge in [0.25, 0.3) is 5.91 Å². The van der Waals surface area contributed by atoms with E-state index in [9.17, 15) is 9.59 Å². The van der Waals surface area contributed by atoms with Crippen LogP contribution < -0.4 is 4.74 Å². The molecule has 2 aromatic carbocycles. The fraction of sp³-hybridized carbons (Fsp3) is 0.407. The summed E-state index contributed by atoms with van der Waals surface area (Å²) in [5.41, 5.74) is 1.84. The van der Waals surface area contributed by atoms with E-state index in [0.29, 0.717) is 50.5 Å². The van der Waals surface area contributed by atoms with Crippen molar-refractivity contribution >= 4 is 34.3 Å². The molecule has 0 aliphatic carbocycles. The highest BCUT2D eigenvalue weighted by Gasteiger charge is 2.40. The summed E-state index contributed by atoms with van der Waals surface area (Å²) in [7, 11) is 0. The van der Waals surface area contributed by atoms with E-state index in [1.54, 1.807) is 24.3 Å². The van der Waals surface area contributed by atoms with Gasteiger partial charge in [-0.1, -0.05) is 37.6 Å². The SMILES string of the molecule is Cc1c(C(=O)N2C[C@H](C)C[C@H](C)C2)oc2ccc3c(c12)C(=O)C[C@@](C)(c1ccc(Cl)cc1)O3. The Kier molecular flexibility index (Phi) is 5.28. The first-order valence-electron chi connectivity index (χ1n) is 11.5. The fourth-order valence-electron chi connectivity index (χ4n) is 5.50. The molecule has 5 nitrogen and oxygen atoms in total. The zero-order valence-corrected chi connectivity index (χ0v) is 20.2. The van der Waals surface area contributed by atoms with Crippen LogP contribution in [0, 0.1) is 18.8 Å². The number of likely N-dealkylation sites (tertiary alicyclic amines) is 1. The molecule has 172 valence electrons. The van der Waals surface area contributed by atoms with E-state index in [1.807, 2.05) is 30.9 Å². The molecular formula is C27H28ClNO4. The van der Waals surface area contributed by atoms with Crippen molar-refractivity contribution in [2.75, 3.05) is 13.1 Å². The molecular weight excluding hydrogens is 438 g/mol. The third-order valence-corrected chi connectivity index (χ3v) is 7.23. The van der Waals surface area contributed by atoms with Gasteiger partial charge in [-0.2, -0.15) is 0 Å². The summed E-state index contributed by atoms with van der Waals surface area (Å²) in [5, 5.41) is 1.31. The van der Waals surface area contributed by atoms with Crippen molar-refractivity contribution in [1.29, 1.82) is 0 Å². The second-order valence-corrected chi connectivity index (χ2v) is 10.4. The molecule has 1 fully saturated rings. The second kappa shape index (κ2) is 7.91. The van der Waals surface area contributed by atoms with Gasteiger partial charge in [0.2, 0.25) is 0 Å². The molecule has 1 saturated heterocycles. The van der Waals surface area contributed by atoms with Crippen molar-refractivity contribution in [3.8, 4) is 5.75 Å². The maximum atomic E-state index is 13.4. The number of piperidine rings is 1. The third kappa shape index (κ3) is 3.72. The summed E-state index contributed by atoms with van der Waals surface area (Å²) in [6.07, 6.45) is 1.31. The Hall–Kier alpha value is -2.79. The van der Waals surface area contributed by atoms with Crippen molar-refractivity contribution in [3.63, 3.8) is 0 Å². The highest BCUT2D eigenvalue weighted by atomic mass is 35.5. The molecule has 0 saturated carbocycles. The Bertz CT molecular complexity index is 1250. The summed E-state index contributed by atoms with van der Waals surface area (Å²) < 4.78 is 12.4. The lowest BCUT2D eigenvalue weighted by molar-refractivity contribution is 0.0507. The number of halogens is 1. The molecule has 0 N–H and O–H groups in total. The van der Waals surface area contributed by atoms with E-state index in [2.05, 4.69) is 13.8 Å². The van der Waals surface area contributed by atoms with Gasteiger partial charge in [-0.05, 0) is 61.9 Å². The predicted molar refractivity (Wildman–Crippen MR) is 128 cm³/mol. The van der Waals surface area contributed by atoms with Gasteiger partial charge < -0.3 is 14.1 Å². The largest absolute Gasteiger partial charge is 0.482 e. The van der Waals surface area contributed by atoms with Crippen LogP contribution in [0.4, 0.5) is 0 Å². The minimum Gasteiger partial charge on any atom is -0.482 e. The van der Waals surface area contributed by atoms with E-state index in [1.165, 1.54) is 0 Å². The average molecular weight is 466 g/mol. The quantitative estimate of drug-likeness (QED) is 0.439. The lowest BCUT2D eigenvalue weighted by Crippen LogP contribution is -2.42. The number of furan rings is 1. The summed E-state index contributed by atoms with van der Waals surface area (Å²) in [6.45, 7) is 9.56. The summed E-state index contributed by atoms with van der Waals surface area (Å²) in [5.74, 6) is 1.61. The standard InChI is InChI=1S/C27H28ClNO4/c1-15-11-16(2)14-29(13-15)26(31)25-17(3)23-21(32-25)9-10-22-24(23)20(30)12-27(4,33-22)18-5-7-19(28)8-6-18/h5-10,15-16H,11-14H2,1-4H3/t15-,16+,27-/m0/s1. The van der Waals surface area contributed by atoms with Crippen molar-refractivity contribution in [1.82, 2.24) is 4.90 Å². The van der Waals surface area contributed by atoms with Gasteiger partial charge >= 0.3 is 0 Å². The molecule has 0 bridgehead atoms. The molecule has 3 heterocycles. The number of nitrogens with zero attached hydrogens (tertiary/aromatic N) is 1. The predicted octanol–water partition coefficient (Wildman–Crippen LogP) is 6.39. The molecule has 1 amide bonds. The second-order valence-electron chi connectivity index (χ2n) is 9.96. The first-order chi connectivity index (χ1) is 15.7. The molecule has 33 heavy (non-hydrogen) atoms. The van der Waals surface area contributed by atoms with Gasteiger partial charge in [-0.15, -0.1) is 0 Å². The topological polar surface area (TPSA) is 59.8 Å². The van der Waals surface area contributed by atoms with Gasteiger partial charge in [0.05, 0.1) is 12.0 Å². The van der Waals surface area contributed by atoms with Gasteiger partial charge in [-0.25, -0.2) is 0 Å². The zero-order chi connectivity index (χ0) is 23.5. The number of ketones is 1. The number of fused-ring (bicyclic) bond motifs is 3. The molecule has 3 atom stereocenters. The van der Waals surface area contributed by atoms with Gasteiger partial charge in [-0.3, -0.25) is 9.59 Å². The molecule has 2 aliphatic heterocycles. The van der Waals surface area contributed by atoms with Crippen molar-refractivity contribution in [2.24, 2.45) is 11.8 Å². The van der Waals surface area contributed by atoms with E-state index < -0.39 is 5.60 Å². The lowest BCUT2D eigenvalue weighted by Gasteiger charge is -2.35. The number of carbonyl (C=O) groups is 2. The molecule has 2 aliphatic rings. The van der Waals surface area contributed by atoms with Crippen LogP contribution in [0.5, 0.6) is 5.75 Å². The van der Waals surface area contributed by atoms with Crippen molar-refractivity contribution < 1.29 is 18.7 Å². The molecule has 5 rings (SSSR count). The Balaban J connectivity index is 1.54. The molecule has 1 aromatic heterocycles. The van der Waals surface area contributed by atoms with Crippen LogP contribution in [0.15, 0.2) is 40.8 Å². The zero-order valence-electron chi connectivity index (χ0n) is 19.4. The van der Waals surface area contributed by atoms with Gasteiger partial charge in [0.1, 0.15) is 16.9 Å². The maximum absolute atomic E-state index is 13.4. The molecule has 3 aromatic rings. The number of benzene rings is 2. The molecule has 0 unspecified atom stereocenters. The smallest absolute Gasteiger partial charge is 0.289 e. The first kappa shape index (κ1) is 22.0. The first-order valence-corrected chi connectivity index (χ1v) is 11.9. The summed E-state index contributed by atoms with van der Waals surface area (Å²) in [6, 6.07) is 10.9. The Morgan fingerprint density at radius 1 is 1.09 bits per heavy atom. The van der Waals surface area contributed by atoms with Crippen LogP contribution in [-0.2, 0) is 5.60 Å². The minimum absolute atomic E-state index is 0.0255. The normalized spacial score (nSPS) is 25.1. The number of aryl methyl sites for hydroxylation is 1. The fourth-order valence-corrected chi connectivity index (χ4v) is 5.62. The number of hydrogen-bond donors (Lipinski definition) is 0. The van der Waals surface area contributed by atoms with Crippen LogP contribution in [0.25, 0.3) is 11.0 Å². The number of carbonyl (C=O) groups excluding carboxylic acids is 2. The highest BCUT2D eigenvalue weighted by molar-refractivity contribution is 6.30. The van der Waals surface area contributed by atoms with Gasteiger partial charge in [0, 0.05) is 29.1 Å². The van der Waals surface area contributed by atoms with E-state index >= 15 is 0 Å². The minimum atomic E-state index is -0.793. The number of Topliss-reactive ketones (excluding diaryl/α,β-unsaturated/α-hetero) is 1. The Morgan fingerprint density at radius 3 is 2.42 bits per heavy atom. The number of hydrogen-bond acceptors (Lipinski definition) is 4. The number of ether oxygens (including phenoxy) is 1. The molecule has 6 heteroatoms.